The number of aliphatic imine (C=N–C) groups is 1. The number of fused-ring (bicyclic) bond motifs is 1. The van der Waals surface area contributed by atoms with Crippen LogP contribution in [0.3, 0.4) is 0 Å². The van der Waals surface area contributed by atoms with Crippen LogP contribution in [0.5, 0.6) is 0 Å². The lowest BCUT2D eigenvalue weighted by atomic mass is 10.2. The SMILES string of the molecule is Cc1nn(CCC#N)c2c1[P@@](=O)(Nc1ccc([N+](=O)[O-])cc1Br)N(C)C(c1ccc(F)cc1)=N2. The van der Waals surface area contributed by atoms with E-state index in [4.69, 9.17) is 10.3 Å². The number of rotatable bonds is 6. The topological polar surface area (TPSA) is 129 Å². The molecule has 3 aromatic rings. The molecule has 0 spiro atoms. The van der Waals surface area contributed by atoms with E-state index in [2.05, 4.69) is 32.2 Å². The fourth-order valence-corrected chi connectivity index (χ4v) is 6.70. The Labute approximate surface area is 202 Å². The molecule has 1 aliphatic heterocycles. The van der Waals surface area contributed by atoms with Crippen molar-refractivity contribution in [2.75, 3.05) is 12.1 Å². The van der Waals surface area contributed by atoms with Crippen LogP contribution in [0.15, 0.2) is 51.9 Å². The number of amidine groups is 1. The molecule has 1 aliphatic rings. The van der Waals surface area contributed by atoms with E-state index in [-0.39, 0.29) is 18.7 Å². The van der Waals surface area contributed by atoms with Crippen LogP contribution in [0.4, 0.5) is 21.6 Å². The van der Waals surface area contributed by atoms with Crippen molar-refractivity contribution >= 4 is 51.7 Å². The minimum Gasteiger partial charge on any atom is -0.316 e. The standard InChI is InChI=1S/C21H18BrFN7O3P/c1-13-19-21(29(26-13)11-3-10-24)25-20(14-4-6-15(23)7-5-14)28(2)34(19,33)27-18-9-8-16(30(31)32)12-17(18)22/h4-9,12H,3,11H2,1-2H3,(H,27,33)/t34-/m1/s1. The quantitative estimate of drug-likeness (QED) is 0.265. The molecule has 1 atom stereocenters. The molecular weight excluding hydrogens is 528 g/mol. The lowest BCUT2D eigenvalue weighted by molar-refractivity contribution is -0.384. The summed E-state index contributed by atoms with van der Waals surface area (Å²) in [6, 6.07) is 11.8. The van der Waals surface area contributed by atoms with Gasteiger partial charge in [-0.1, -0.05) is 0 Å². The largest absolute Gasteiger partial charge is 0.316 e. The van der Waals surface area contributed by atoms with Gasteiger partial charge in [-0.3, -0.25) is 19.3 Å². The van der Waals surface area contributed by atoms with E-state index in [1.54, 1.807) is 14.0 Å². The zero-order valence-corrected chi connectivity index (χ0v) is 20.5. The predicted octanol–water partition coefficient (Wildman–Crippen LogP) is 4.87. The minimum atomic E-state index is -3.67. The first-order valence-electron chi connectivity index (χ1n) is 10.0. The lowest BCUT2D eigenvalue weighted by Crippen LogP contribution is -2.36. The Kier molecular flexibility index (Phi) is 6.25. The molecule has 4 rings (SSSR count). The smallest absolute Gasteiger partial charge is 0.296 e. The van der Waals surface area contributed by atoms with E-state index in [0.717, 1.165) is 0 Å². The van der Waals surface area contributed by atoms with Crippen molar-refractivity contribution in [1.29, 1.82) is 5.26 Å². The summed E-state index contributed by atoms with van der Waals surface area (Å²) in [5.74, 6) is 0.230. The molecule has 174 valence electrons. The van der Waals surface area contributed by atoms with Gasteiger partial charge in [-0.15, -0.1) is 0 Å². The molecule has 0 fully saturated rings. The second kappa shape index (κ2) is 9.00. The number of nitro benzene ring substituents is 1. The first-order chi connectivity index (χ1) is 16.2. The van der Waals surface area contributed by atoms with E-state index in [0.29, 0.717) is 38.4 Å². The number of nitrogens with zero attached hydrogens (tertiary/aromatic N) is 6. The van der Waals surface area contributed by atoms with Gasteiger partial charge in [0, 0.05) is 29.2 Å². The monoisotopic (exact) mass is 545 g/mol. The Hall–Kier alpha value is -3.55. The van der Waals surface area contributed by atoms with Gasteiger partial charge in [-0.25, -0.2) is 14.1 Å². The highest BCUT2D eigenvalue weighted by Crippen LogP contribution is 2.54. The third-order valence-electron chi connectivity index (χ3n) is 5.29. The molecule has 0 amide bonds. The van der Waals surface area contributed by atoms with Crippen molar-refractivity contribution in [1.82, 2.24) is 14.5 Å². The van der Waals surface area contributed by atoms with E-state index >= 15 is 0 Å². The molecule has 2 aromatic carbocycles. The molecule has 34 heavy (non-hydrogen) atoms. The van der Waals surface area contributed by atoms with Gasteiger partial charge in [0.15, 0.2) is 5.82 Å². The molecule has 0 aliphatic carbocycles. The number of nitriles is 1. The molecule has 1 aromatic heterocycles. The number of non-ortho nitro benzene ring substituents is 1. The van der Waals surface area contributed by atoms with Crippen molar-refractivity contribution in [2.24, 2.45) is 4.99 Å². The Morgan fingerprint density at radius 3 is 2.62 bits per heavy atom. The Balaban J connectivity index is 1.89. The number of anilines is 1. The first-order valence-corrected chi connectivity index (χ1v) is 12.5. The summed E-state index contributed by atoms with van der Waals surface area (Å²) in [5, 5.41) is 28.0. The highest BCUT2D eigenvalue weighted by Gasteiger charge is 2.43. The van der Waals surface area contributed by atoms with Crippen molar-refractivity contribution in [3.05, 3.63) is 74.1 Å². The van der Waals surface area contributed by atoms with Gasteiger partial charge in [0.1, 0.15) is 17.0 Å². The molecule has 1 N–H and O–H groups in total. The van der Waals surface area contributed by atoms with Crippen LogP contribution in [-0.4, -0.2) is 32.3 Å². The number of hydrogen-bond donors (Lipinski definition) is 1. The van der Waals surface area contributed by atoms with Crippen LogP contribution >= 0.6 is 23.4 Å². The van der Waals surface area contributed by atoms with E-state index < -0.39 is 18.2 Å². The first kappa shape index (κ1) is 23.6. The van der Waals surface area contributed by atoms with E-state index in [1.165, 1.54) is 51.8 Å². The lowest BCUT2D eigenvalue weighted by Gasteiger charge is -2.35. The van der Waals surface area contributed by atoms with Crippen molar-refractivity contribution < 1.29 is 13.9 Å². The number of halogens is 2. The van der Waals surface area contributed by atoms with Gasteiger partial charge >= 0.3 is 0 Å². The van der Waals surface area contributed by atoms with Crippen molar-refractivity contribution in [2.45, 2.75) is 19.9 Å². The number of nitro groups is 1. The van der Waals surface area contributed by atoms with Crippen LogP contribution in [0.1, 0.15) is 17.7 Å². The van der Waals surface area contributed by atoms with Gasteiger partial charge in [0.2, 0.25) is 0 Å². The minimum absolute atomic E-state index is 0.123. The number of benzene rings is 2. The molecule has 2 heterocycles. The van der Waals surface area contributed by atoms with Gasteiger partial charge in [-0.05, 0) is 53.2 Å². The van der Waals surface area contributed by atoms with Gasteiger partial charge in [-0.2, -0.15) is 10.4 Å². The third-order valence-corrected chi connectivity index (χ3v) is 8.65. The second-order valence-corrected chi connectivity index (χ2v) is 10.7. The Morgan fingerprint density at radius 2 is 2.00 bits per heavy atom. The molecule has 0 saturated carbocycles. The van der Waals surface area contributed by atoms with Gasteiger partial charge in [0.25, 0.3) is 13.1 Å². The Morgan fingerprint density at radius 1 is 1.29 bits per heavy atom. The summed E-state index contributed by atoms with van der Waals surface area (Å²) in [6.45, 7) is 1.95. The highest BCUT2D eigenvalue weighted by molar-refractivity contribution is 9.10. The molecule has 13 heteroatoms. The van der Waals surface area contributed by atoms with Crippen LogP contribution in [0, 0.1) is 34.2 Å². The van der Waals surface area contributed by atoms with E-state index in [9.17, 15) is 19.1 Å². The number of hydrogen-bond acceptors (Lipinski definition) is 6. The summed E-state index contributed by atoms with van der Waals surface area (Å²) < 4.78 is 31.6. The van der Waals surface area contributed by atoms with Crippen molar-refractivity contribution in [3.8, 4) is 6.07 Å². The zero-order chi connectivity index (χ0) is 24.6. The van der Waals surface area contributed by atoms with E-state index in [1.807, 2.05) is 0 Å². The van der Waals surface area contributed by atoms with Crippen LogP contribution in [0.2, 0.25) is 0 Å². The summed E-state index contributed by atoms with van der Waals surface area (Å²) in [5.41, 5.74) is 1.25. The summed E-state index contributed by atoms with van der Waals surface area (Å²) in [7, 11) is -2.07. The van der Waals surface area contributed by atoms with Crippen LogP contribution in [-0.2, 0) is 11.1 Å². The average molecular weight is 546 g/mol. The zero-order valence-electron chi connectivity index (χ0n) is 18.1. The van der Waals surface area contributed by atoms with Crippen LogP contribution in [0.25, 0.3) is 0 Å². The molecule has 0 saturated heterocycles. The molecular formula is C21H18BrFN7O3P. The fourth-order valence-electron chi connectivity index (χ4n) is 3.65. The highest BCUT2D eigenvalue weighted by atomic mass is 79.9. The van der Waals surface area contributed by atoms with Crippen molar-refractivity contribution in [3.63, 3.8) is 0 Å². The summed E-state index contributed by atoms with van der Waals surface area (Å²) in [6.07, 6.45) is 0.177. The maximum Gasteiger partial charge on any atom is 0.296 e. The average Bonchev–Trinajstić information content (AvgIpc) is 3.12. The summed E-state index contributed by atoms with van der Waals surface area (Å²) >= 11 is 3.32. The van der Waals surface area contributed by atoms with Gasteiger partial charge in [0.05, 0.1) is 35.3 Å². The third kappa shape index (κ3) is 4.08. The molecule has 0 unspecified atom stereocenters. The normalized spacial score (nSPS) is 17.0. The number of nitrogens with one attached hydrogen (secondary N) is 1. The number of aromatic nitrogens is 2. The van der Waals surface area contributed by atoms with Gasteiger partial charge < -0.3 is 5.09 Å². The van der Waals surface area contributed by atoms with Crippen LogP contribution < -0.4 is 10.4 Å². The Bertz CT molecular complexity index is 1410. The number of aryl methyl sites for hydroxylation is 2. The fraction of sp³-hybridized carbons (Fsp3) is 0.190. The maximum atomic E-state index is 14.7. The predicted molar refractivity (Wildman–Crippen MR) is 129 cm³/mol. The molecule has 0 radical (unpaired) electrons. The molecule has 10 nitrogen and oxygen atoms in total. The molecule has 0 bridgehead atoms. The second-order valence-electron chi connectivity index (χ2n) is 7.46. The summed E-state index contributed by atoms with van der Waals surface area (Å²) in [4.78, 5) is 15.3. The maximum absolute atomic E-state index is 14.7.